The molecule has 0 aliphatic rings. The maximum absolute atomic E-state index is 12.2. The summed E-state index contributed by atoms with van der Waals surface area (Å²) in [5, 5.41) is 0. The molecular formula is C31H62O4. The van der Waals surface area contributed by atoms with Gasteiger partial charge in [-0.25, -0.2) is 0 Å². The predicted molar refractivity (Wildman–Crippen MR) is 150 cm³/mol. The number of rotatable bonds is 29. The SMILES string of the molecule is CCCCCCCCCCOCC(COC(=O)CCCCCCCCC)OCCCCCCCC. The molecule has 0 aromatic rings. The van der Waals surface area contributed by atoms with E-state index in [1.807, 2.05) is 0 Å². The highest BCUT2D eigenvalue weighted by Gasteiger charge is 2.13. The zero-order chi connectivity index (χ0) is 25.7. The molecule has 0 saturated heterocycles. The van der Waals surface area contributed by atoms with Gasteiger partial charge in [-0.05, 0) is 19.3 Å². The average Bonchev–Trinajstić information content (AvgIpc) is 2.86. The van der Waals surface area contributed by atoms with Gasteiger partial charge in [0.2, 0.25) is 0 Å². The minimum atomic E-state index is -0.141. The van der Waals surface area contributed by atoms with Crippen LogP contribution in [-0.4, -0.2) is 38.5 Å². The maximum Gasteiger partial charge on any atom is 0.305 e. The van der Waals surface area contributed by atoms with Crippen molar-refractivity contribution in [3.63, 3.8) is 0 Å². The highest BCUT2D eigenvalue weighted by Crippen LogP contribution is 2.11. The van der Waals surface area contributed by atoms with Crippen molar-refractivity contribution >= 4 is 5.97 Å². The molecule has 1 atom stereocenters. The van der Waals surface area contributed by atoms with Gasteiger partial charge in [0.25, 0.3) is 0 Å². The van der Waals surface area contributed by atoms with E-state index in [4.69, 9.17) is 14.2 Å². The van der Waals surface area contributed by atoms with Crippen LogP contribution in [0.5, 0.6) is 0 Å². The molecule has 0 saturated carbocycles. The Kier molecular flexibility index (Phi) is 29.1. The van der Waals surface area contributed by atoms with E-state index in [0.717, 1.165) is 38.9 Å². The standard InChI is InChI=1S/C31H62O4/c1-4-7-10-13-16-18-20-23-26-33-28-30(34-27-24-21-15-12-9-6-3)29-35-31(32)25-22-19-17-14-11-8-5-2/h30H,4-29H2,1-3H3. The summed E-state index contributed by atoms with van der Waals surface area (Å²) in [6, 6.07) is 0. The van der Waals surface area contributed by atoms with Crippen molar-refractivity contribution < 1.29 is 19.0 Å². The van der Waals surface area contributed by atoms with Gasteiger partial charge in [-0.15, -0.1) is 0 Å². The molecule has 0 spiro atoms. The van der Waals surface area contributed by atoms with Crippen LogP contribution in [0.4, 0.5) is 0 Å². The summed E-state index contributed by atoms with van der Waals surface area (Å²) in [5.74, 6) is -0.0882. The molecule has 0 aliphatic carbocycles. The second-order valence-corrected chi connectivity index (χ2v) is 10.4. The van der Waals surface area contributed by atoms with Crippen LogP contribution in [0.2, 0.25) is 0 Å². The fourth-order valence-corrected chi connectivity index (χ4v) is 4.31. The Morgan fingerprint density at radius 3 is 1.46 bits per heavy atom. The van der Waals surface area contributed by atoms with E-state index in [1.54, 1.807) is 0 Å². The molecule has 0 rings (SSSR count). The molecule has 35 heavy (non-hydrogen) atoms. The van der Waals surface area contributed by atoms with Gasteiger partial charge in [0, 0.05) is 19.6 Å². The van der Waals surface area contributed by atoms with E-state index in [-0.39, 0.29) is 12.1 Å². The fourth-order valence-electron chi connectivity index (χ4n) is 4.31. The van der Waals surface area contributed by atoms with Crippen LogP contribution in [-0.2, 0) is 19.0 Å². The van der Waals surface area contributed by atoms with Crippen molar-refractivity contribution in [3.05, 3.63) is 0 Å². The highest BCUT2D eigenvalue weighted by molar-refractivity contribution is 5.69. The first-order valence-corrected chi connectivity index (χ1v) is 15.6. The van der Waals surface area contributed by atoms with Crippen molar-refractivity contribution in [3.8, 4) is 0 Å². The first-order chi connectivity index (χ1) is 17.2. The Labute approximate surface area is 219 Å². The van der Waals surface area contributed by atoms with Crippen LogP contribution in [0.1, 0.15) is 162 Å². The van der Waals surface area contributed by atoms with Crippen LogP contribution in [0.3, 0.4) is 0 Å². The summed E-state index contributed by atoms with van der Waals surface area (Å²) in [5.41, 5.74) is 0. The molecule has 0 fully saturated rings. The zero-order valence-corrected chi connectivity index (χ0v) is 24.1. The van der Waals surface area contributed by atoms with Gasteiger partial charge in [-0.1, -0.05) is 136 Å². The Morgan fingerprint density at radius 2 is 0.943 bits per heavy atom. The molecule has 1 unspecified atom stereocenters. The number of esters is 1. The summed E-state index contributed by atoms with van der Waals surface area (Å²) < 4.78 is 17.5. The van der Waals surface area contributed by atoms with E-state index < -0.39 is 0 Å². The molecule has 0 aromatic heterocycles. The lowest BCUT2D eigenvalue weighted by atomic mass is 10.1. The molecule has 0 heterocycles. The summed E-state index contributed by atoms with van der Waals surface area (Å²) >= 11 is 0. The van der Waals surface area contributed by atoms with Crippen LogP contribution >= 0.6 is 0 Å². The van der Waals surface area contributed by atoms with E-state index >= 15 is 0 Å². The van der Waals surface area contributed by atoms with Crippen molar-refractivity contribution in [1.82, 2.24) is 0 Å². The zero-order valence-electron chi connectivity index (χ0n) is 24.1. The monoisotopic (exact) mass is 498 g/mol. The van der Waals surface area contributed by atoms with Gasteiger partial charge in [-0.3, -0.25) is 4.79 Å². The Morgan fingerprint density at radius 1 is 0.514 bits per heavy atom. The first kappa shape index (κ1) is 34.4. The molecule has 0 N–H and O–H groups in total. The van der Waals surface area contributed by atoms with Crippen LogP contribution in [0, 0.1) is 0 Å². The van der Waals surface area contributed by atoms with Gasteiger partial charge in [0.15, 0.2) is 0 Å². The largest absolute Gasteiger partial charge is 0.463 e. The number of carbonyl (C=O) groups excluding carboxylic acids is 1. The van der Waals surface area contributed by atoms with E-state index in [2.05, 4.69) is 20.8 Å². The summed E-state index contributed by atoms with van der Waals surface area (Å²) in [4.78, 5) is 12.2. The molecule has 0 aliphatic heterocycles. The quantitative estimate of drug-likeness (QED) is 0.0760. The topological polar surface area (TPSA) is 44.8 Å². The molecular weight excluding hydrogens is 436 g/mol. The minimum Gasteiger partial charge on any atom is -0.463 e. The number of ether oxygens (including phenoxy) is 3. The van der Waals surface area contributed by atoms with Crippen molar-refractivity contribution in [2.45, 2.75) is 168 Å². The number of hydrogen-bond donors (Lipinski definition) is 0. The molecule has 210 valence electrons. The number of hydrogen-bond acceptors (Lipinski definition) is 4. The lowest BCUT2D eigenvalue weighted by Crippen LogP contribution is -2.28. The molecule has 4 nitrogen and oxygen atoms in total. The predicted octanol–water partition coefficient (Wildman–Crippen LogP) is 9.57. The molecule has 4 heteroatoms. The molecule has 0 amide bonds. The van der Waals surface area contributed by atoms with Gasteiger partial charge in [-0.2, -0.15) is 0 Å². The van der Waals surface area contributed by atoms with Crippen molar-refractivity contribution in [1.29, 1.82) is 0 Å². The lowest BCUT2D eigenvalue weighted by molar-refractivity contribution is -0.150. The second-order valence-electron chi connectivity index (χ2n) is 10.4. The summed E-state index contributed by atoms with van der Waals surface area (Å²) in [6.07, 6.45) is 26.8. The molecule has 0 aromatic carbocycles. The third kappa shape index (κ3) is 27.8. The smallest absolute Gasteiger partial charge is 0.305 e. The minimum absolute atomic E-state index is 0.0882. The third-order valence-corrected chi connectivity index (χ3v) is 6.71. The molecule has 0 bridgehead atoms. The van der Waals surface area contributed by atoms with E-state index in [0.29, 0.717) is 19.6 Å². The summed E-state index contributed by atoms with van der Waals surface area (Å²) in [6.45, 7) is 9.10. The van der Waals surface area contributed by atoms with Crippen LogP contribution < -0.4 is 0 Å². The van der Waals surface area contributed by atoms with Crippen molar-refractivity contribution in [2.75, 3.05) is 26.4 Å². The maximum atomic E-state index is 12.2. The number of unbranched alkanes of at least 4 members (excludes halogenated alkanes) is 18. The van der Waals surface area contributed by atoms with Crippen LogP contribution in [0.25, 0.3) is 0 Å². The van der Waals surface area contributed by atoms with Gasteiger partial charge in [0.1, 0.15) is 12.7 Å². The van der Waals surface area contributed by atoms with E-state index in [9.17, 15) is 4.79 Å². The normalized spacial score (nSPS) is 12.2. The van der Waals surface area contributed by atoms with Gasteiger partial charge in [0.05, 0.1) is 6.61 Å². The Bertz CT molecular complexity index is 413. The van der Waals surface area contributed by atoms with Gasteiger partial charge >= 0.3 is 5.97 Å². The lowest BCUT2D eigenvalue weighted by Gasteiger charge is -2.18. The van der Waals surface area contributed by atoms with Crippen LogP contribution in [0.15, 0.2) is 0 Å². The number of carbonyl (C=O) groups is 1. The second kappa shape index (κ2) is 29.6. The fraction of sp³-hybridized carbons (Fsp3) is 0.968. The third-order valence-electron chi connectivity index (χ3n) is 6.71. The summed E-state index contributed by atoms with van der Waals surface area (Å²) in [7, 11) is 0. The Balaban J connectivity index is 3.99. The Hall–Kier alpha value is -0.610. The van der Waals surface area contributed by atoms with E-state index in [1.165, 1.54) is 109 Å². The highest BCUT2D eigenvalue weighted by atomic mass is 16.6. The molecule has 0 radical (unpaired) electrons. The van der Waals surface area contributed by atoms with Gasteiger partial charge < -0.3 is 14.2 Å². The first-order valence-electron chi connectivity index (χ1n) is 15.6. The van der Waals surface area contributed by atoms with Crippen molar-refractivity contribution in [2.24, 2.45) is 0 Å². The average molecular weight is 499 g/mol.